The third-order valence-electron chi connectivity index (χ3n) is 5.31. The summed E-state index contributed by atoms with van der Waals surface area (Å²) >= 11 is 0. The molecule has 0 aromatic heterocycles. The highest BCUT2D eigenvalue weighted by atomic mass is 19.1. The monoisotopic (exact) mass is 415 g/mol. The number of rotatable bonds is 7. The van der Waals surface area contributed by atoms with Gasteiger partial charge in [0, 0.05) is 50.4 Å². The van der Waals surface area contributed by atoms with Gasteiger partial charge in [0.05, 0.1) is 14.2 Å². The van der Waals surface area contributed by atoms with Gasteiger partial charge in [0.15, 0.2) is 11.5 Å². The number of amides is 1. The summed E-state index contributed by atoms with van der Waals surface area (Å²) in [6.07, 6.45) is 1.03. The summed E-state index contributed by atoms with van der Waals surface area (Å²) in [4.78, 5) is 15.8. The van der Waals surface area contributed by atoms with Crippen LogP contribution in [0.4, 0.5) is 10.1 Å². The number of halogens is 1. The van der Waals surface area contributed by atoms with Crippen molar-refractivity contribution in [3.05, 3.63) is 53.3 Å². The van der Waals surface area contributed by atoms with Gasteiger partial charge in [0.1, 0.15) is 5.82 Å². The van der Waals surface area contributed by atoms with Gasteiger partial charge >= 0.3 is 0 Å². The molecular formula is C23H30FN3O3. The minimum atomic E-state index is -0.270. The van der Waals surface area contributed by atoms with Crippen LogP contribution in [0.2, 0.25) is 0 Å². The van der Waals surface area contributed by atoms with Crippen molar-refractivity contribution in [1.82, 2.24) is 9.80 Å². The first-order chi connectivity index (χ1) is 14.5. The summed E-state index contributed by atoms with van der Waals surface area (Å²) < 4.78 is 25.0. The SMILES string of the molecule is COc1cc(F)c(CN2CCCN(Cc3ccc(NC(C)=O)cc3)CC2)cc1OC. The number of ether oxygens (including phenoxy) is 2. The number of anilines is 1. The molecule has 1 aliphatic rings. The largest absolute Gasteiger partial charge is 0.493 e. The molecule has 0 aliphatic carbocycles. The van der Waals surface area contributed by atoms with Crippen molar-refractivity contribution in [2.45, 2.75) is 26.4 Å². The number of hydrogen-bond donors (Lipinski definition) is 1. The Morgan fingerprint density at radius 2 is 1.57 bits per heavy atom. The molecule has 1 amide bonds. The quantitative estimate of drug-likeness (QED) is 0.750. The van der Waals surface area contributed by atoms with Gasteiger partial charge in [0.25, 0.3) is 0 Å². The summed E-state index contributed by atoms with van der Waals surface area (Å²) in [5, 5.41) is 2.79. The predicted octanol–water partition coefficient (Wildman–Crippen LogP) is 3.51. The van der Waals surface area contributed by atoms with Crippen LogP contribution in [0.15, 0.2) is 36.4 Å². The van der Waals surface area contributed by atoms with E-state index in [9.17, 15) is 9.18 Å². The molecule has 0 bridgehead atoms. The molecule has 3 rings (SSSR count). The Kier molecular flexibility index (Phi) is 7.65. The van der Waals surface area contributed by atoms with Gasteiger partial charge in [-0.3, -0.25) is 14.6 Å². The van der Waals surface area contributed by atoms with Crippen LogP contribution in [0.3, 0.4) is 0 Å². The summed E-state index contributed by atoms with van der Waals surface area (Å²) in [7, 11) is 3.07. The third kappa shape index (κ3) is 5.93. The average molecular weight is 416 g/mol. The van der Waals surface area contributed by atoms with E-state index < -0.39 is 0 Å². The van der Waals surface area contributed by atoms with Gasteiger partial charge in [-0.05, 0) is 43.3 Å². The predicted molar refractivity (Wildman–Crippen MR) is 115 cm³/mol. The summed E-state index contributed by atoms with van der Waals surface area (Å²) in [5.41, 5.74) is 2.64. The Balaban J connectivity index is 1.57. The minimum absolute atomic E-state index is 0.0683. The topological polar surface area (TPSA) is 54.0 Å². The van der Waals surface area contributed by atoms with Crippen LogP contribution in [-0.4, -0.2) is 56.1 Å². The fraction of sp³-hybridized carbons (Fsp3) is 0.435. The third-order valence-corrected chi connectivity index (χ3v) is 5.31. The van der Waals surface area contributed by atoms with E-state index >= 15 is 0 Å². The highest BCUT2D eigenvalue weighted by molar-refractivity contribution is 5.88. The number of hydrogen-bond acceptors (Lipinski definition) is 5. The first-order valence-corrected chi connectivity index (χ1v) is 10.2. The lowest BCUT2D eigenvalue weighted by molar-refractivity contribution is -0.114. The number of carbonyl (C=O) groups excluding carboxylic acids is 1. The number of nitrogens with zero attached hydrogens (tertiary/aromatic N) is 2. The zero-order chi connectivity index (χ0) is 21.5. The molecule has 0 atom stereocenters. The summed E-state index contributed by atoms with van der Waals surface area (Å²) in [5.74, 6) is 0.618. The maximum Gasteiger partial charge on any atom is 0.221 e. The number of benzene rings is 2. The van der Waals surface area contributed by atoms with Gasteiger partial charge in [0.2, 0.25) is 5.91 Å². The number of carbonyl (C=O) groups is 1. The molecule has 30 heavy (non-hydrogen) atoms. The first-order valence-electron chi connectivity index (χ1n) is 10.2. The molecule has 6 nitrogen and oxygen atoms in total. The summed E-state index contributed by atoms with van der Waals surface area (Å²) in [6.45, 7) is 6.62. The number of nitrogens with one attached hydrogen (secondary N) is 1. The van der Waals surface area contributed by atoms with Crippen LogP contribution in [0.5, 0.6) is 11.5 Å². The van der Waals surface area contributed by atoms with Gasteiger partial charge in [-0.25, -0.2) is 4.39 Å². The van der Waals surface area contributed by atoms with E-state index in [2.05, 4.69) is 15.1 Å². The molecule has 1 N–H and O–H groups in total. The van der Waals surface area contributed by atoms with E-state index in [1.165, 1.54) is 25.7 Å². The maximum atomic E-state index is 14.5. The molecule has 2 aromatic rings. The van der Waals surface area contributed by atoms with Gasteiger partial charge < -0.3 is 14.8 Å². The zero-order valence-corrected chi connectivity index (χ0v) is 17.9. The zero-order valence-electron chi connectivity index (χ0n) is 17.9. The fourth-order valence-corrected chi connectivity index (χ4v) is 3.75. The van der Waals surface area contributed by atoms with E-state index in [0.29, 0.717) is 23.6 Å². The molecule has 1 saturated heterocycles. The van der Waals surface area contributed by atoms with Crippen molar-refractivity contribution in [3.8, 4) is 11.5 Å². The average Bonchev–Trinajstić information content (AvgIpc) is 2.95. The Morgan fingerprint density at radius 3 is 2.17 bits per heavy atom. The molecule has 0 saturated carbocycles. The molecule has 0 unspecified atom stereocenters. The van der Waals surface area contributed by atoms with Crippen LogP contribution in [-0.2, 0) is 17.9 Å². The lowest BCUT2D eigenvalue weighted by Gasteiger charge is -2.22. The van der Waals surface area contributed by atoms with Crippen LogP contribution in [0.25, 0.3) is 0 Å². The molecule has 162 valence electrons. The van der Waals surface area contributed by atoms with Crippen LogP contribution >= 0.6 is 0 Å². The van der Waals surface area contributed by atoms with Crippen molar-refractivity contribution < 1.29 is 18.7 Å². The van der Waals surface area contributed by atoms with E-state index in [0.717, 1.165) is 44.8 Å². The second-order valence-corrected chi connectivity index (χ2v) is 7.58. The maximum absolute atomic E-state index is 14.5. The van der Waals surface area contributed by atoms with E-state index in [4.69, 9.17) is 9.47 Å². The van der Waals surface area contributed by atoms with Crippen molar-refractivity contribution in [1.29, 1.82) is 0 Å². The van der Waals surface area contributed by atoms with Gasteiger partial charge in [-0.2, -0.15) is 0 Å². The highest BCUT2D eigenvalue weighted by Gasteiger charge is 2.18. The second kappa shape index (κ2) is 10.4. The lowest BCUT2D eigenvalue weighted by Crippen LogP contribution is -2.30. The molecule has 0 radical (unpaired) electrons. The molecular weight excluding hydrogens is 385 g/mol. The minimum Gasteiger partial charge on any atom is -0.493 e. The molecule has 1 aliphatic heterocycles. The van der Waals surface area contributed by atoms with Gasteiger partial charge in [-0.15, -0.1) is 0 Å². The number of methoxy groups -OCH3 is 2. The Morgan fingerprint density at radius 1 is 0.967 bits per heavy atom. The highest BCUT2D eigenvalue weighted by Crippen LogP contribution is 2.30. The standard InChI is InChI=1S/C23H30FN3O3/c1-17(28)25-20-7-5-18(6-8-20)15-26-9-4-10-27(12-11-26)16-19-13-22(29-2)23(30-3)14-21(19)24/h5-8,13-14H,4,9-12,15-16H2,1-3H3,(H,25,28). The lowest BCUT2D eigenvalue weighted by atomic mass is 10.1. The van der Waals surface area contributed by atoms with Crippen molar-refractivity contribution in [3.63, 3.8) is 0 Å². The van der Waals surface area contributed by atoms with Gasteiger partial charge in [-0.1, -0.05) is 12.1 Å². The molecule has 0 spiro atoms. The molecule has 1 fully saturated rings. The van der Waals surface area contributed by atoms with E-state index in [-0.39, 0.29) is 11.7 Å². The molecule has 1 heterocycles. The normalized spacial score (nSPS) is 15.5. The van der Waals surface area contributed by atoms with Crippen molar-refractivity contribution >= 4 is 11.6 Å². The first kappa shape index (κ1) is 22.1. The van der Waals surface area contributed by atoms with Crippen LogP contribution in [0.1, 0.15) is 24.5 Å². The Labute approximate surface area is 177 Å². The van der Waals surface area contributed by atoms with Crippen LogP contribution < -0.4 is 14.8 Å². The van der Waals surface area contributed by atoms with Crippen LogP contribution in [0, 0.1) is 5.82 Å². The van der Waals surface area contributed by atoms with E-state index in [1.807, 2.05) is 24.3 Å². The van der Waals surface area contributed by atoms with Crippen molar-refractivity contribution in [2.24, 2.45) is 0 Å². The van der Waals surface area contributed by atoms with E-state index in [1.54, 1.807) is 13.2 Å². The Hall–Kier alpha value is -2.64. The summed E-state index contributed by atoms with van der Waals surface area (Å²) in [6, 6.07) is 11.1. The fourth-order valence-electron chi connectivity index (χ4n) is 3.75. The van der Waals surface area contributed by atoms with Crippen molar-refractivity contribution in [2.75, 3.05) is 45.7 Å². The Bertz CT molecular complexity index is 858. The smallest absolute Gasteiger partial charge is 0.221 e. The second-order valence-electron chi connectivity index (χ2n) is 7.58. The molecule has 2 aromatic carbocycles. The molecule has 7 heteroatoms.